The first-order valence-corrected chi connectivity index (χ1v) is 8.89. The number of carbonyl (C=O) groups is 1. The summed E-state index contributed by atoms with van der Waals surface area (Å²) >= 11 is 6.34. The number of carbonyl (C=O) groups excluding carboxylic acids is 1. The Labute approximate surface area is 156 Å². The lowest BCUT2D eigenvalue weighted by Crippen LogP contribution is -2.35. The second-order valence-electron chi connectivity index (χ2n) is 7.11. The number of benzene rings is 1. The van der Waals surface area contributed by atoms with Crippen molar-refractivity contribution in [3.05, 3.63) is 53.2 Å². The molecule has 1 N–H and O–H groups in total. The molecule has 2 aromatic heterocycles. The summed E-state index contributed by atoms with van der Waals surface area (Å²) in [5.41, 5.74) is 0.733. The number of fused-ring (bicyclic) bond motifs is 1. The zero-order valence-corrected chi connectivity index (χ0v) is 15.3. The fourth-order valence-corrected chi connectivity index (χ4v) is 3.62. The summed E-state index contributed by atoms with van der Waals surface area (Å²) in [6, 6.07) is 10.7. The van der Waals surface area contributed by atoms with Gasteiger partial charge >= 0.3 is 0 Å². The summed E-state index contributed by atoms with van der Waals surface area (Å²) in [7, 11) is 0. The second kappa shape index (κ2) is 6.11. The standard InChI is InChI=1S/C20H19ClN2O3/c1-12-10-23(11-20(12,2)25)19(24)14-9-16(17-7-4-8-26-17)22-18-13(14)5-3-6-15(18)21/h3-9,12,25H,10-11H2,1-2H3/t12-,20+/m1/s1. The summed E-state index contributed by atoms with van der Waals surface area (Å²) in [5.74, 6) is 0.437. The van der Waals surface area contributed by atoms with Gasteiger partial charge < -0.3 is 14.4 Å². The smallest absolute Gasteiger partial charge is 0.254 e. The van der Waals surface area contributed by atoms with Crippen LogP contribution in [0.25, 0.3) is 22.4 Å². The molecule has 1 saturated heterocycles. The molecule has 0 aliphatic carbocycles. The molecule has 1 amide bonds. The minimum absolute atomic E-state index is 0.00711. The van der Waals surface area contributed by atoms with Gasteiger partial charge in [-0.15, -0.1) is 0 Å². The molecule has 0 bridgehead atoms. The van der Waals surface area contributed by atoms with Crippen LogP contribution in [0.5, 0.6) is 0 Å². The molecule has 5 nitrogen and oxygen atoms in total. The molecule has 0 spiro atoms. The highest BCUT2D eigenvalue weighted by atomic mass is 35.5. The number of amides is 1. The molecule has 4 rings (SSSR count). The van der Waals surface area contributed by atoms with Crippen LogP contribution in [0.4, 0.5) is 0 Å². The van der Waals surface area contributed by atoms with Gasteiger partial charge in [0.1, 0.15) is 5.69 Å². The van der Waals surface area contributed by atoms with Gasteiger partial charge in [-0.3, -0.25) is 4.79 Å². The van der Waals surface area contributed by atoms with Gasteiger partial charge in [0.25, 0.3) is 5.91 Å². The number of para-hydroxylation sites is 1. The van der Waals surface area contributed by atoms with Gasteiger partial charge in [0.05, 0.1) is 28.0 Å². The quantitative estimate of drug-likeness (QED) is 0.740. The number of pyridine rings is 1. The summed E-state index contributed by atoms with van der Waals surface area (Å²) in [5, 5.41) is 11.6. The predicted octanol–water partition coefficient (Wildman–Crippen LogP) is 3.99. The number of furan rings is 1. The topological polar surface area (TPSA) is 66.6 Å². The molecule has 1 aliphatic heterocycles. The number of nitrogens with zero attached hydrogens (tertiary/aromatic N) is 2. The normalized spacial score (nSPS) is 22.9. The monoisotopic (exact) mass is 370 g/mol. The van der Waals surface area contributed by atoms with E-state index in [0.29, 0.717) is 46.0 Å². The van der Waals surface area contributed by atoms with Crippen molar-refractivity contribution in [1.29, 1.82) is 0 Å². The number of hydrogen-bond donors (Lipinski definition) is 1. The molecule has 1 aromatic carbocycles. The highest BCUT2D eigenvalue weighted by Crippen LogP contribution is 2.33. The Balaban J connectivity index is 1.86. The second-order valence-corrected chi connectivity index (χ2v) is 7.52. The first-order chi connectivity index (χ1) is 12.4. The van der Waals surface area contributed by atoms with Gasteiger partial charge in [0.2, 0.25) is 0 Å². The minimum atomic E-state index is -0.889. The van der Waals surface area contributed by atoms with E-state index < -0.39 is 5.60 Å². The van der Waals surface area contributed by atoms with Gasteiger partial charge in [0.15, 0.2) is 5.76 Å². The van der Waals surface area contributed by atoms with Crippen molar-refractivity contribution in [3.63, 3.8) is 0 Å². The van der Waals surface area contributed by atoms with E-state index >= 15 is 0 Å². The summed E-state index contributed by atoms with van der Waals surface area (Å²) in [6.45, 7) is 4.52. The van der Waals surface area contributed by atoms with Crippen molar-refractivity contribution < 1.29 is 14.3 Å². The van der Waals surface area contributed by atoms with Crippen LogP contribution >= 0.6 is 11.6 Å². The lowest BCUT2D eigenvalue weighted by atomic mass is 9.95. The Morgan fingerprint density at radius 1 is 1.38 bits per heavy atom. The summed E-state index contributed by atoms with van der Waals surface area (Å²) in [6.07, 6.45) is 1.56. The van der Waals surface area contributed by atoms with E-state index in [0.717, 1.165) is 0 Å². The number of halogens is 1. The van der Waals surface area contributed by atoms with Crippen LogP contribution in [0, 0.1) is 5.92 Å². The molecular formula is C20H19ClN2O3. The Bertz CT molecular complexity index is 982. The number of rotatable bonds is 2. The van der Waals surface area contributed by atoms with Crippen molar-refractivity contribution in [2.45, 2.75) is 19.4 Å². The minimum Gasteiger partial charge on any atom is -0.463 e. The average molecular weight is 371 g/mol. The van der Waals surface area contributed by atoms with Crippen molar-refractivity contribution in [1.82, 2.24) is 9.88 Å². The zero-order valence-electron chi connectivity index (χ0n) is 14.6. The Kier molecular flexibility index (Phi) is 4.01. The molecule has 6 heteroatoms. The predicted molar refractivity (Wildman–Crippen MR) is 100 cm³/mol. The maximum Gasteiger partial charge on any atom is 0.254 e. The van der Waals surface area contributed by atoms with Crippen molar-refractivity contribution >= 4 is 28.4 Å². The SMILES string of the molecule is C[C@@H]1CN(C(=O)c2cc(-c3ccco3)nc3c(Cl)cccc23)C[C@]1(C)O. The molecule has 3 aromatic rings. The maximum atomic E-state index is 13.2. The van der Waals surface area contributed by atoms with Gasteiger partial charge in [-0.2, -0.15) is 0 Å². The van der Waals surface area contributed by atoms with E-state index in [-0.39, 0.29) is 11.8 Å². The van der Waals surface area contributed by atoms with E-state index in [1.54, 1.807) is 48.4 Å². The summed E-state index contributed by atoms with van der Waals surface area (Å²) < 4.78 is 5.45. The van der Waals surface area contributed by atoms with Crippen LogP contribution in [0.1, 0.15) is 24.2 Å². The first kappa shape index (κ1) is 17.1. The van der Waals surface area contributed by atoms with Crippen LogP contribution in [0.15, 0.2) is 47.1 Å². The molecule has 1 aliphatic rings. The molecule has 0 unspecified atom stereocenters. The van der Waals surface area contributed by atoms with E-state index in [2.05, 4.69) is 4.98 Å². The summed E-state index contributed by atoms with van der Waals surface area (Å²) in [4.78, 5) is 19.5. The van der Waals surface area contributed by atoms with Crippen molar-refractivity contribution in [2.24, 2.45) is 5.92 Å². The molecule has 3 heterocycles. The molecule has 26 heavy (non-hydrogen) atoms. The van der Waals surface area contributed by atoms with E-state index in [1.165, 1.54) is 0 Å². The Morgan fingerprint density at radius 2 is 2.19 bits per heavy atom. The number of likely N-dealkylation sites (tertiary alicyclic amines) is 1. The lowest BCUT2D eigenvalue weighted by Gasteiger charge is -2.21. The van der Waals surface area contributed by atoms with Crippen molar-refractivity contribution in [3.8, 4) is 11.5 Å². The van der Waals surface area contributed by atoms with E-state index in [1.807, 2.05) is 13.0 Å². The molecule has 2 atom stereocenters. The number of hydrogen-bond acceptors (Lipinski definition) is 4. The molecule has 0 saturated carbocycles. The fourth-order valence-electron chi connectivity index (χ4n) is 3.40. The first-order valence-electron chi connectivity index (χ1n) is 8.51. The third-order valence-electron chi connectivity index (χ3n) is 5.15. The fraction of sp³-hybridized carbons (Fsp3) is 0.300. The highest BCUT2D eigenvalue weighted by Gasteiger charge is 2.41. The average Bonchev–Trinajstić information content (AvgIpc) is 3.22. The van der Waals surface area contributed by atoms with Crippen LogP contribution in [-0.4, -0.2) is 39.6 Å². The Hall–Kier alpha value is -2.37. The lowest BCUT2D eigenvalue weighted by molar-refractivity contribution is 0.0351. The van der Waals surface area contributed by atoms with Crippen LogP contribution in [0.3, 0.4) is 0 Å². The van der Waals surface area contributed by atoms with Gasteiger partial charge in [-0.05, 0) is 31.2 Å². The van der Waals surface area contributed by atoms with Crippen LogP contribution in [0.2, 0.25) is 5.02 Å². The van der Waals surface area contributed by atoms with Gasteiger partial charge in [-0.25, -0.2) is 4.98 Å². The largest absolute Gasteiger partial charge is 0.463 e. The van der Waals surface area contributed by atoms with E-state index in [4.69, 9.17) is 16.0 Å². The molecule has 134 valence electrons. The van der Waals surface area contributed by atoms with Crippen LogP contribution < -0.4 is 0 Å². The number of aliphatic hydroxyl groups is 1. The Morgan fingerprint density at radius 3 is 2.85 bits per heavy atom. The third kappa shape index (κ3) is 2.77. The number of β-amino-alcohol motifs (C(OH)–C–C–N with tert-alkyl or cyclic N) is 1. The van der Waals surface area contributed by atoms with Crippen molar-refractivity contribution in [2.75, 3.05) is 13.1 Å². The van der Waals surface area contributed by atoms with Gasteiger partial charge in [-0.1, -0.05) is 30.7 Å². The zero-order chi connectivity index (χ0) is 18.5. The molecular weight excluding hydrogens is 352 g/mol. The molecule has 1 fully saturated rings. The number of aromatic nitrogens is 1. The third-order valence-corrected chi connectivity index (χ3v) is 5.45. The van der Waals surface area contributed by atoms with E-state index in [9.17, 15) is 9.90 Å². The maximum absolute atomic E-state index is 13.2. The molecule has 0 radical (unpaired) electrons. The highest BCUT2D eigenvalue weighted by molar-refractivity contribution is 6.35. The van der Waals surface area contributed by atoms with Crippen LogP contribution in [-0.2, 0) is 0 Å². The van der Waals surface area contributed by atoms with Gasteiger partial charge in [0, 0.05) is 24.4 Å².